The van der Waals surface area contributed by atoms with Crippen molar-refractivity contribution in [2.45, 2.75) is 76.5 Å². The number of ether oxygens (including phenoxy) is 1. The minimum absolute atomic E-state index is 0.138. The van der Waals surface area contributed by atoms with Gasteiger partial charge in [0, 0.05) is 18.2 Å². The monoisotopic (exact) mass is 254 g/mol. The van der Waals surface area contributed by atoms with Gasteiger partial charge in [-0.25, -0.2) is 0 Å². The third kappa shape index (κ3) is 3.46. The Morgan fingerprint density at radius 3 is 2.56 bits per heavy atom. The van der Waals surface area contributed by atoms with Gasteiger partial charge in [-0.15, -0.1) is 0 Å². The molecule has 2 heterocycles. The molecule has 0 aromatic carbocycles. The van der Waals surface area contributed by atoms with Crippen molar-refractivity contribution in [3.8, 4) is 0 Å². The highest BCUT2D eigenvalue weighted by molar-refractivity contribution is 4.93. The van der Waals surface area contributed by atoms with Crippen LogP contribution in [-0.2, 0) is 4.74 Å². The first-order chi connectivity index (χ1) is 8.60. The van der Waals surface area contributed by atoms with Crippen LogP contribution in [0, 0.1) is 0 Å². The van der Waals surface area contributed by atoms with Crippen LogP contribution >= 0.6 is 0 Å². The van der Waals surface area contributed by atoms with Gasteiger partial charge in [-0.3, -0.25) is 4.90 Å². The average molecular weight is 254 g/mol. The molecule has 18 heavy (non-hydrogen) atoms. The van der Waals surface area contributed by atoms with Gasteiger partial charge in [-0.05, 0) is 65.5 Å². The van der Waals surface area contributed by atoms with E-state index in [0.717, 1.165) is 19.4 Å². The van der Waals surface area contributed by atoms with E-state index in [1.165, 1.54) is 45.2 Å². The molecule has 0 saturated carbocycles. The molecule has 2 aliphatic heterocycles. The minimum atomic E-state index is 0.138. The molecule has 2 atom stereocenters. The summed E-state index contributed by atoms with van der Waals surface area (Å²) in [6.07, 6.45) is 9.23. The number of hydrogen-bond acceptors (Lipinski definition) is 3. The van der Waals surface area contributed by atoms with Gasteiger partial charge in [0.1, 0.15) is 0 Å². The van der Waals surface area contributed by atoms with Crippen molar-refractivity contribution < 1.29 is 4.74 Å². The topological polar surface area (TPSA) is 38.5 Å². The summed E-state index contributed by atoms with van der Waals surface area (Å²) >= 11 is 0. The molecule has 3 nitrogen and oxygen atoms in total. The summed E-state index contributed by atoms with van der Waals surface area (Å²) < 4.78 is 5.69. The molecule has 2 rings (SSSR count). The zero-order valence-corrected chi connectivity index (χ0v) is 12.2. The SMILES string of the molecule is CC(C)(C(N)CCC1CCCO1)N1CCCCC1. The summed E-state index contributed by atoms with van der Waals surface area (Å²) in [6.45, 7) is 8.04. The van der Waals surface area contributed by atoms with Gasteiger partial charge in [0.25, 0.3) is 0 Å². The van der Waals surface area contributed by atoms with Crippen LogP contribution in [0.15, 0.2) is 0 Å². The van der Waals surface area contributed by atoms with Crippen molar-refractivity contribution in [2.75, 3.05) is 19.7 Å². The number of nitrogens with two attached hydrogens (primary N) is 1. The van der Waals surface area contributed by atoms with Gasteiger partial charge in [0.05, 0.1) is 6.10 Å². The molecule has 3 heteroatoms. The van der Waals surface area contributed by atoms with Crippen LogP contribution in [0.4, 0.5) is 0 Å². The molecule has 106 valence electrons. The molecular formula is C15H30N2O. The smallest absolute Gasteiger partial charge is 0.0576 e. The van der Waals surface area contributed by atoms with Gasteiger partial charge in [0.15, 0.2) is 0 Å². The highest BCUT2D eigenvalue weighted by Gasteiger charge is 2.34. The summed E-state index contributed by atoms with van der Waals surface area (Å²) in [5.41, 5.74) is 6.60. The maximum Gasteiger partial charge on any atom is 0.0576 e. The van der Waals surface area contributed by atoms with Crippen LogP contribution in [-0.4, -0.2) is 42.3 Å². The van der Waals surface area contributed by atoms with Gasteiger partial charge < -0.3 is 10.5 Å². The van der Waals surface area contributed by atoms with Gasteiger partial charge in [-0.2, -0.15) is 0 Å². The molecule has 0 bridgehead atoms. The molecule has 0 aromatic heterocycles. The Morgan fingerprint density at radius 1 is 1.22 bits per heavy atom. The minimum Gasteiger partial charge on any atom is -0.378 e. The van der Waals surface area contributed by atoms with E-state index in [9.17, 15) is 0 Å². The quantitative estimate of drug-likeness (QED) is 0.819. The van der Waals surface area contributed by atoms with Crippen molar-refractivity contribution in [3.05, 3.63) is 0 Å². The van der Waals surface area contributed by atoms with Gasteiger partial charge in [-0.1, -0.05) is 6.42 Å². The Morgan fingerprint density at radius 2 is 1.94 bits per heavy atom. The first-order valence-electron chi connectivity index (χ1n) is 7.73. The number of rotatable bonds is 5. The highest BCUT2D eigenvalue weighted by Crippen LogP contribution is 2.26. The molecule has 0 radical (unpaired) electrons. The van der Waals surface area contributed by atoms with E-state index in [1.54, 1.807) is 0 Å². The Hall–Kier alpha value is -0.120. The lowest BCUT2D eigenvalue weighted by Crippen LogP contribution is -2.57. The van der Waals surface area contributed by atoms with Gasteiger partial charge >= 0.3 is 0 Å². The summed E-state index contributed by atoms with van der Waals surface area (Å²) in [7, 11) is 0. The van der Waals surface area contributed by atoms with Crippen molar-refractivity contribution in [1.29, 1.82) is 0 Å². The molecule has 2 fully saturated rings. The van der Waals surface area contributed by atoms with E-state index in [2.05, 4.69) is 18.7 Å². The fourth-order valence-electron chi connectivity index (χ4n) is 3.30. The zero-order chi connectivity index (χ0) is 13.0. The first-order valence-corrected chi connectivity index (χ1v) is 7.73. The Balaban J connectivity index is 1.79. The Labute approximate surface area is 112 Å². The molecule has 2 N–H and O–H groups in total. The number of nitrogens with zero attached hydrogens (tertiary/aromatic N) is 1. The molecule has 2 saturated heterocycles. The molecule has 0 spiro atoms. The molecular weight excluding hydrogens is 224 g/mol. The van der Waals surface area contributed by atoms with Crippen molar-refractivity contribution in [2.24, 2.45) is 5.73 Å². The van der Waals surface area contributed by atoms with Crippen molar-refractivity contribution >= 4 is 0 Å². The predicted octanol–water partition coefficient (Wildman–Crippen LogP) is 2.54. The van der Waals surface area contributed by atoms with E-state index in [1.807, 2.05) is 0 Å². The lowest BCUT2D eigenvalue weighted by molar-refractivity contribution is 0.0579. The summed E-state index contributed by atoms with van der Waals surface area (Å²) in [5, 5.41) is 0. The molecule has 0 aliphatic carbocycles. The van der Waals surface area contributed by atoms with E-state index < -0.39 is 0 Å². The molecule has 0 aromatic rings. The number of piperidine rings is 1. The third-order valence-corrected chi connectivity index (χ3v) is 4.90. The Kier molecular flexibility index (Phi) is 5.05. The van der Waals surface area contributed by atoms with Crippen LogP contribution in [0.1, 0.15) is 58.8 Å². The maximum atomic E-state index is 6.46. The second kappa shape index (κ2) is 6.36. The van der Waals surface area contributed by atoms with Crippen molar-refractivity contribution in [1.82, 2.24) is 4.90 Å². The molecule has 0 amide bonds. The summed E-state index contributed by atoms with van der Waals surface area (Å²) in [5.74, 6) is 0. The van der Waals surface area contributed by atoms with E-state index in [-0.39, 0.29) is 11.6 Å². The average Bonchev–Trinajstić information content (AvgIpc) is 2.90. The summed E-state index contributed by atoms with van der Waals surface area (Å²) in [4.78, 5) is 2.59. The molecule has 2 aliphatic rings. The lowest BCUT2D eigenvalue weighted by Gasteiger charge is -2.45. The molecule has 2 unspecified atom stereocenters. The van der Waals surface area contributed by atoms with Crippen LogP contribution < -0.4 is 5.73 Å². The van der Waals surface area contributed by atoms with Crippen LogP contribution in [0.3, 0.4) is 0 Å². The fraction of sp³-hybridized carbons (Fsp3) is 1.00. The van der Waals surface area contributed by atoms with E-state index in [0.29, 0.717) is 6.10 Å². The van der Waals surface area contributed by atoms with Gasteiger partial charge in [0.2, 0.25) is 0 Å². The van der Waals surface area contributed by atoms with Crippen LogP contribution in [0.25, 0.3) is 0 Å². The van der Waals surface area contributed by atoms with Crippen LogP contribution in [0.2, 0.25) is 0 Å². The third-order valence-electron chi connectivity index (χ3n) is 4.90. The van der Waals surface area contributed by atoms with E-state index >= 15 is 0 Å². The summed E-state index contributed by atoms with van der Waals surface area (Å²) in [6, 6.07) is 0.264. The first kappa shape index (κ1) is 14.3. The fourth-order valence-corrected chi connectivity index (χ4v) is 3.30. The lowest BCUT2D eigenvalue weighted by atomic mass is 9.87. The zero-order valence-electron chi connectivity index (χ0n) is 12.2. The Bertz CT molecular complexity index is 243. The largest absolute Gasteiger partial charge is 0.378 e. The van der Waals surface area contributed by atoms with Crippen LogP contribution in [0.5, 0.6) is 0 Å². The van der Waals surface area contributed by atoms with E-state index in [4.69, 9.17) is 10.5 Å². The maximum absolute atomic E-state index is 6.46. The number of hydrogen-bond donors (Lipinski definition) is 1. The second-order valence-electron chi connectivity index (χ2n) is 6.52. The number of likely N-dealkylation sites (tertiary alicyclic amines) is 1. The highest BCUT2D eigenvalue weighted by atomic mass is 16.5. The normalized spacial score (nSPS) is 28.5. The standard InChI is InChI=1S/C15H30N2O/c1-15(2,17-10-4-3-5-11-17)14(16)9-8-13-7-6-12-18-13/h13-14H,3-12,16H2,1-2H3. The second-order valence-corrected chi connectivity index (χ2v) is 6.52. The van der Waals surface area contributed by atoms with Crippen molar-refractivity contribution in [3.63, 3.8) is 0 Å². The predicted molar refractivity (Wildman–Crippen MR) is 75.7 cm³/mol.